The first-order valence-electron chi connectivity index (χ1n) is 5.28. The first-order valence-corrected chi connectivity index (χ1v) is 5.28. The van der Waals surface area contributed by atoms with Crippen LogP contribution in [0.2, 0.25) is 0 Å². The van der Waals surface area contributed by atoms with Gasteiger partial charge < -0.3 is 14.4 Å². The van der Waals surface area contributed by atoms with Gasteiger partial charge in [0.05, 0.1) is 19.1 Å². The fourth-order valence-electron chi connectivity index (χ4n) is 1.46. The van der Waals surface area contributed by atoms with E-state index in [-0.39, 0.29) is 5.97 Å². The van der Waals surface area contributed by atoms with Gasteiger partial charge in [-0.2, -0.15) is 0 Å². The molecule has 0 aromatic rings. The van der Waals surface area contributed by atoms with E-state index in [0.29, 0.717) is 13.2 Å². The van der Waals surface area contributed by atoms with Crippen molar-refractivity contribution in [2.45, 2.75) is 20.8 Å². The van der Waals surface area contributed by atoms with E-state index in [1.807, 2.05) is 27.8 Å². The fraction of sp³-hybridized carbons (Fsp3) is 0.909. The minimum Gasteiger partial charge on any atom is -0.469 e. The first kappa shape index (κ1) is 14.4. The lowest BCUT2D eigenvalue weighted by molar-refractivity contribution is -0.151. The van der Waals surface area contributed by atoms with Crippen LogP contribution in [0.15, 0.2) is 0 Å². The summed E-state index contributed by atoms with van der Waals surface area (Å²) in [7, 11) is 3.40. The highest BCUT2D eigenvalue weighted by molar-refractivity contribution is 5.76. The van der Waals surface area contributed by atoms with Crippen molar-refractivity contribution in [2.75, 3.05) is 40.5 Å². The van der Waals surface area contributed by atoms with Gasteiger partial charge in [0.25, 0.3) is 0 Å². The summed E-state index contributed by atoms with van der Waals surface area (Å²) in [5.74, 6) is -0.175. The van der Waals surface area contributed by atoms with Gasteiger partial charge in [0, 0.05) is 19.7 Å². The lowest BCUT2D eigenvalue weighted by Crippen LogP contribution is -2.39. The number of hydrogen-bond acceptors (Lipinski definition) is 4. The Bertz CT molecular complexity index is 192. The third-order valence-corrected chi connectivity index (χ3v) is 2.22. The van der Waals surface area contributed by atoms with Gasteiger partial charge in [-0.25, -0.2) is 0 Å². The number of rotatable bonds is 7. The molecule has 0 aliphatic heterocycles. The van der Waals surface area contributed by atoms with E-state index in [9.17, 15) is 4.79 Å². The Balaban J connectivity index is 3.93. The second kappa shape index (κ2) is 6.80. The molecule has 0 saturated heterocycles. The highest BCUT2D eigenvalue weighted by Crippen LogP contribution is 2.17. The van der Waals surface area contributed by atoms with Crippen LogP contribution in [0, 0.1) is 5.41 Å². The van der Waals surface area contributed by atoms with E-state index in [2.05, 4.69) is 4.90 Å². The summed E-state index contributed by atoms with van der Waals surface area (Å²) >= 11 is 0. The number of carbonyl (C=O) groups excluding carboxylic acids is 1. The van der Waals surface area contributed by atoms with Gasteiger partial charge >= 0.3 is 5.97 Å². The smallest absolute Gasteiger partial charge is 0.312 e. The number of carbonyl (C=O) groups is 1. The molecule has 90 valence electrons. The SMILES string of the molecule is CCOCCN(C)CC(C)(C)C(=O)OC. The van der Waals surface area contributed by atoms with Crippen LogP contribution in [0.1, 0.15) is 20.8 Å². The van der Waals surface area contributed by atoms with Crippen LogP contribution in [0.3, 0.4) is 0 Å². The van der Waals surface area contributed by atoms with Crippen LogP contribution in [0.4, 0.5) is 0 Å². The topological polar surface area (TPSA) is 38.8 Å². The Kier molecular flexibility index (Phi) is 6.52. The Morgan fingerprint density at radius 1 is 1.40 bits per heavy atom. The monoisotopic (exact) mass is 217 g/mol. The average molecular weight is 217 g/mol. The standard InChI is InChI=1S/C11H23NO3/c1-6-15-8-7-12(4)9-11(2,3)10(13)14-5/h6-9H2,1-5H3. The molecule has 0 saturated carbocycles. The lowest BCUT2D eigenvalue weighted by atomic mass is 9.93. The van der Waals surface area contributed by atoms with Gasteiger partial charge in [-0.3, -0.25) is 4.79 Å². The molecule has 0 aromatic carbocycles. The van der Waals surface area contributed by atoms with Crippen molar-refractivity contribution >= 4 is 5.97 Å². The van der Waals surface area contributed by atoms with Crippen LogP contribution in [0.25, 0.3) is 0 Å². The second-order valence-corrected chi connectivity index (χ2v) is 4.31. The van der Waals surface area contributed by atoms with Gasteiger partial charge in [0.15, 0.2) is 0 Å². The molecule has 0 radical (unpaired) electrons. The molecule has 0 amide bonds. The molecular formula is C11H23NO3. The lowest BCUT2D eigenvalue weighted by Gasteiger charge is -2.27. The van der Waals surface area contributed by atoms with Crippen molar-refractivity contribution in [3.8, 4) is 0 Å². The summed E-state index contributed by atoms with van der Waals surface area (Å²) in [5.41, 5.74) is -0.463. The van der Waals surface area contributed by atoms with E-state index >= 15 is 0 Å². The minimum atomic E-state index is -0.463. The molecule has 0 atom stereocenters. The first-order chi connectivity index (χ1) is 6.94. The Morgan fingerprint density at radius 3 is 2.47 bits per heavy atom. The Labute approximate surface area is 92.5 Å². The predicted octanol–water partition coefficient (Wildman–Crippen LogP) is 1.15. The maximum atomic E-state index is 11.4. The van der Waals surface area contributed by atoms with Crippen molar-refractivity contribution < 1.29 is 14.3 Å². The molecule has 0 aromatic heterocycles. The molecule has 15 heavy (non-hydrogen) atoms. The van der Waals surface area contributed by atoms with Gasteiger partial charge in [-0.1, -0.05) is 0 Å². The maximum Gasteiger partial charge on any atom is 0.312 e. The highest BCUT2D eigenvalue weighted by Gasteiger charge is 2.29. The summed E-state index contributed by atoms with van der Waals surface area (Å²) in [6.07, 6.45) is 0. The molecule has 0 heterocycles. The minimum absolute atomic E-state index is 0.175. The van der Waals surface area contributed by atoms with Crippen molar-refractivity contribution in [1.29, 1.82) is 0 Å². The average Bonchev–Trinajstić information content (AvgIpc) is 2.16. The second-order valence-electron chi connectivity index (χ2n) is 4.31. The van der Waals surface area contributed by atoms with E-state index in [4.69, 9.17) is 9.47 Å². The third-order valence-electron chi connectivity index (χ3n) is 2.22. The van der Waals surface area contributed by atoms with Gasteiger partial charge in [-0.05, 0) is 27.8 Å². The molecule has 0 aliphatic carbocycles. The van der Waals surface area contributed by atoms with E-state index in [1.165, 1.54) is 7.11 Å². The zero-order valence-corrected chi connectivity index (χ0v) is 10.5. The Hall–Kier alpha value is -0.610. The van der Waals surface area contributed by atoms with Gasteiger partial charge in [0.2, 0.25) is 0 Å². The molecule has 0 unspecified atom stereocenters. The summed E-state index contributed by atoms with van der Waals surface area (Å²) in [6.45, 7) is 8.67. The summed E-state index contributed by atoms with van der Waals surface area (Å²) in [6, 6.07) is 0. The van der Waals surface area contributed by atoms with Crippen LogP contribution < -0.4 is 0 Å². The zero-order chi connectivity index (χ0) is 11.9. The van der Waals surface area contributed by atoms with Gasteiger partial charge in [-0.15, -0.1) is 0 Å². The number of likely N-dealkylation sites (N-methyl/N-ethyl adjacent to an activating group) is 1. The van der Waals surface area contributed by atoms with E-state index in [0.717, 1.165) is 13.2 Å². The van der Waals surface area contributed by atoms with Crippen LogP contribution in [-0.2, 0) is 14.3 Å². The molecule has 0 fully saturated rings. The van der Waals surface area contributed by atoms with Crippen molar-refractivity contribution in [3.05, 3.63) is 0 Å². The number of ether oxygens (including phenoxy) is 2. The summed E-state index contributed by atoms with van der Waals surface area (Å²) < 4.78 is 9.99. The van der Waals surface area contributed by atoms with Crippen LogP contribution >= 0.6 is 0 Å². The molecule has 0 aliphatic rings. The van der Waals surface area contributed by atoms with Crippen molar-refractivity contribution in [2.24, 2.45) is 5.41 Å². The molecule has 0 N–H and O–H groups in total. The fourth-order valence-corrected chi connectivity index (χ4v) is 1.46. The summed E-state index contributed by atoms with van der Waals surface area (Å²) in [5, 5.41) is 0. The number of methoxy groups -OCH3 is 1. The maximum absolute atomic E-state index is 11.4. The molecule has 0 bridgehead atoms. The van der Waals surface area contributed by atoms with Crippen molar-refractivity contribution in [1.82, 2.24) is 4.90 Å². The molecule has 4 nitrogen and oxygen atoms in total. The number of hydrogen-bond donors (Lipinski definition) is 0. The van der Waals surface area contributed by atoms with E-state index in [1.54, 1.807) is 0 Å². The molecular weight excluding hydrogens is 194 g/mol. The zero-order valence-electron chi connectivity index (χ0n) is 10.5. The largest absolute Gasteiger partial charge is 0.469 e. The predicted molar refractivity (Wildman–Crippen MR) is 59.8 cm³/mol. The molecule has 4 heteroatoms. The van der Waals surface area contributed by atoms with Crippen molar-refractivity contribution in [3.63, 3.8) is 0 Å². The van der Waals surface area contributed by atoms with Crippen LogP contribution in [-0.4, -0.2) is 51.3 Å². The number of esters is 1. The molecule has 0 rings (SSSR count). The van der Waals surface area contributed by atoms with E-state index < -0.39 is 5.41 Å². The number of nitrogens with zero attached hydrogens (tertiary/aromatic N) is 1. The Morgan fingerprint density at radius 2 is 2.00 bits per heavy atom. The van der Waals surface area contributed by atoms with Crippen LogP contribution in [0.5, 0.6) is 0 Å². The normalized spacial score (nSPS) is 11.9. The van der Waals surface area contributed by atoms with Gasteiger partial charge in [0.1, 0.15) is 0 Å². The summed E-state index contributed by atoms with van der Waals surface area (Å²) in [4.78, 5) is 13.5. The third kappa shape index (κ3) is 5.74. The quantitative estimate of drug-likeness (QED) is 0.474. The molecule has 0 spiro atoms. The highest BCUT2D eigenvalue weighted by atomic mass is 16.5.